The van der Waals surface area contributed by atoms with Crippen molar-refractivity contribution in [3.63, 3.8) is 0 Å². The van der Waals surface area contributed by atoms with Crippen LogP contribution in [0.15, 0.2) is 47.4 Å². The van der Waals surface area contributed by atoms with E-state index in [-0.39, 0.29) is 22.7 Å². The molecule has 3 rings (SSSR count). The monoisotopic (exact) mass is 414 g/mol. The Labute approximate surface area is 171 Å². The topological polar surface area (TPSA) is 99.0 Å². The standard InChI is InChI=1S/C20H18N2O6S/c1-3-28-18-13(8-6-10-16(18)27-2)11-17-19(23)21(20(24)29-17)12-14-7-4-5-9-15(14)22(25)26/h4-11H,3,12H2,1-2H3/b17-11+. The molecule has 0 spiro atoms. The fourth-order valence-electron chi connectivity index (χ4n) is 2.88. The highest BCUT2D eigenvalue weighted by atomic mass is 32.2. The molecule has 0 aromatic heterocycles. The van der Waals surface area contributed by atoms with E-state index in [0.29, 0.717) is 23.7 Å². The van der Waals surface area contributed by atoms with Gasteiger partial charge in [0.15, 0.2) is 11.5 Å². The fraction of sp³-hybridized carbons (Fsp3) is 0.200. The van der Waals surface area contributed by atoms with Crippen molar-refractivity contribution in [1.82, 2.24) is 4.90 Å². The molecule has 1 fully saturated rings. The molecule has 1 heterocycles. The van der Waals surface area contributed by atoms with E-state index in [1.54, 1.807) is 30.3 Å². The van der Waals surface area contributed by atoms with Gasteiger partial charge >= 0.3 is 0 Å². The van der Waals surface area contributed by atoms with Crippen LogP contribution in [-0.4, -0.2) is 34.7 Å². The van der Waals surface area contributed by atoms with E-state index in [0.717, 1.165) is 16.7 Å². The highest BCUT2D eigenvalue weighted by Crippen LogP contribution is 2.38. The summed E-state index contributed by atoms with van der Waals surface area (Å²) in [5.74, 6) is 0.478. The Morgan fingerprint density at radius 1 is 1.17 bits per heavy atom. The third-order valence-corrected chi connectivity index (χ3v) is 5.10. The average Bonchev–Trinajstić information content (AvgIpc) is 2.97. The molecule has 1 aliphatic heterocycles. The van der Waals surface area contributed by atoms with Crippen LogP contribution in [0, 0.1) is 10.1 Å². The predicted octanol–water partition coefficient (Wildman–Crippen LogP) is 4.24. The van der Waals surface area contributed by atoms with E-state index in [2.05, 4.69) is 0 Å². The van der Waals surface area contributed by atoms with Crippen LogP contribution < -0.4 is 9.47 Å². The second-order valence-corrected chi connectivity index (χ2v) is 6.96. The van der Waals surface area contributed by atoms with Crippen LogP contribution in [0.1, 0.15) is 18.1 Å². The molecule has 0 N–H and O–H groups in total. The Kier molecular flexibility index (Phi) is 6.18. The molecule has 9 heteroatoms. The van der Waals surface area contributed by atoms with Crippen molar-refractivity contribution < 1.29 is 24.0 Å². The van der Waals surface area contributed by atoms with Crippen molar-refractivity contribution >= 4 is 34.7 Å². The first-order valence-electron chi connectivity index (χ1n) is 8.73. The first-order chi connectivity index (χ1) is 14.0. The van der Waals surface area contributed by atoms with Crippen LogP contribution >= 0.6 is 11.8 Å². The van der Waals surface area contributed by atoms with Gasteiger partial charge in [-0.3, -0.25) is 24.6 Å². The lowest BCUT2D eigenvalue weighted by atomic mass is 10.1. The smallest absolute Gasteiger partial charge is 0.293 e. The molecule has 0 saturated carbocycles. The van der Waals surface area contributed by atoms with Gasteiger partial charge in [0, 0.05) is 17.2 Å². The normalized spacial score (nSPS) is 15.1. The third-order valence-electron chi connectivity index (χ3n) is 4.19. The van der Waals surface area contributed by atoms with Crippen LogP contribution in [0.4, 0.5) is 10.5 Å². The number of benzene rings is 2. The summed E-state index contributed by atoms with van der Waals surface area (Å²) in [4.78, 5) is 37.1. The second-order valence-electron chi connectivity index (χ2n) is 5.97. The van der Waals surface area contributed by atoms with E-state index >= 15 is 0 Å². The van der Waals surface area contributed by atoms with Crippen molar-refractivity contribution in [3.05, 3.63) is 68.6 Å². The second kappa shape index (κ2) is 8.78. The molecule has 2 aromatic carbocycles. The van der Waals surface area contributed by atoms with Gasteiger partial charge in [-0.1, -0.05) is 30.3 Å². The van der Waals surface area contributed by atoms with Crippen LogP contribution in [-0.2, 0) is 11.3 Å². The average molecular weight is 414 g/mol. The summed E-state index contributed by atoms with van der Waals surface area (Å²) in [5.41, 5.74) is 0.752. The molecule has 0 atom stereocenters. The number of hydrogen-bond acceptors (Lipinski definition) is 7. The van der Waals surface area contributed by atoms with Gasteiger partial charge < -0.3 is 9.47 Å². The number of methoxy groups -OCH3 is 1. The zero-order valence-corrected chi connectivity index (χ0v) is 16.6. The van der Waals surface area contributed by atoms with Gasteiger partial charge in [-0.2, -0.15) is 0 Å². The molecule has 150 valence electrons. The van der Waals surface area contributed by atoms with Crippen LogP contribution in [0.25, 0.3) is 6.08 Å². The first-order valence-corrected chi connectivity index (χ1v) is 9.55. The van der Waals surface area contributed by atoms with Crippen LogP contribution in [0.5, 0.6) is 11.5 Å². The van der Waals surface area contributed by atoms with Crippen LogP contribution in [0.2, 0.25) is 0 Å². The van der Waals surface area contributed by atoms with Gasteiger partial charge in [-0.15, -0.1) is 0 Å². The van der Waals surface area contributed by atoms with Gasteiger partial charge in [0.1, 0.15) is 0 Å². The Balaban J connectivity index is 1.91. The number of nitro benzene ring substituents is 1. The number of rotatable bonds is 7. The predicted molar refractivity (Wildman–Crippen MR) is 109 cm³/mol. The van der Waals surface area contributed by atoms with Crippen molar-refractivity contribution in [2.24, 2.45) is 0 Å². The van der Waals surface area contributed by atoms with E-state index in [9.17, 15) is 19.7 Å². The Morgan fingerprint density at radius 3 is 2.62 bits per heavy atom. The Hall–Kier alpha value is -3.33. The SMILES string of the molecule is CCOc1c(/C=C2/SC(=O)N(Cc3ccccc3[N+](=O)[O-])C2=O)cccc1OC. The largest absolute Gasteiger partial charge is 0.493 e. The number of thioether (sulfide) groups is 1. The quantitative estimate of drug-likeness (QED) is 0.380. The van der Waals surface area contributed by atoms with Crippen molar-refractivity contribution in [2.75, 3.05) is 13.7 Å². The first kappa shape index (κ1) is 20.4. The zero-order valence-electron chi connectivity index (χ0n) is 15.8. The lowest BCUT2D eigenvalue weighted by Gasteiger charge is -2.13. The number of amides is 2. The molecule has 0 unspecified atom stereocenters. The molecule has 1 saturated heterocycles. The van der Waals surface area contributed by atoms with Gasteiger partial charge in [-0.05, 0) is 30.8 Å². The van der Waals surface area contributed by atoms with E-state index in [4.69, 9.17) is 9.47 Å². The molecule has 0 bridgehead atoms. The number of ether oxygens (including phenoxy) is 2. The fourth-order valence-corrected chi connectivity index (χ4v) is 3.71. The van der Waals surface area contributed by atoms with Gasteiger partial charge in [-0.25, -0.2) is 0 Å². The molecule has 8 nitrogen and oxygen atoms in total. The summed E-state index contributed by atoms with van der Waals surface area (Å²) in [6, 6.07) is 11.3. The van der Waals surface area contributed by atoms with Gasteiger partial charge in [0.2, 0.25) is 0 Å². The number of imide groups is 1. The van der Waals surface area contributed by atoms with Gasteiger partial charge in [0.25, 0.3) is 16.8 Å². The number of carbonyl (C=O) groups is 2. The van der Waals surface area contributed by atoms with Crippen molar-refractivity contribution in [3.8, 4) is 11.5 Å². The Morgan fingerprint density at radius 2 is 1.93 bits per heavy atom. The molecule has 29 heavy (non-hydrogen) atoms. The molecular weight excluding hydrogens is 396 g/mol. The molecular formula is C20H18N2O6S. The van der Waals surface area contributed by atoms with E-state index in [1.807, 2.05) is 6.92 Å². The van der Waals surface area contributed by atoms with E-state index in [1.165, 1.54) is 25.3 Å². The minimum Gasteiger partial charge on any atom is -0.493 e. The summed E-state index contributed by atoms with van der Waals surface area (Å²) < 4.78 is 10.9. The summed E-state index contributed by atoms with van der Waals surface area (Å²) >= 11 is 0.783. The van der Waals surface area contributed by atoms with Crippen LogP contribution in [0.3, 0.4) is 0 Å². The minimum absolute atomic E-state index is 0.137. The lowest BCUT2D eigenvalue weighted by Crippen LogP contribution is -2.27. The molecule has 2 aromatic rings. The maximum atomic E-state index is 12.8. The summed E-state index contributed by atoms with van der Waals surface area (Å²) in [6.07, 6.45) is 1.57. The molecule has 2 amide bonds. The molecule has 1 aliphatic rings. The third kappa shape index (κ3) is 4.24. The van der Waals surface area contributed by atoms with Crippen molar-refractivity contribution in [1.29, 1.82) is 0 Å². The number of nitro groups is 1. The van der Waals surface area contributed by atoms with Crippen molar-refractivity contribution in [2.45, 2.75) is 13.5 Å². The summed E-state index contributed by atoms with van der Waals surface area (Å²) in [7, 11) is 1.52. The summed E-state index contributed by atoms with van der Waals surface area (Å²) in [5, 5.41) is 10.7. The zero-order chi connectivity index (χ0) is 21.0. The highest BCUT2D eigenvalue weighted by molar-refractivity contribution is 8.18. The highest BCUT2D eigenvalue weighted by Gasteiger charge is 2.36. The molecule has 0 aliphatic carbocycles. The van der Waals surface area contributed by atoms with E-state index < -0.39 is 16.1 Å². The Bertz CT molecular complexity index is 1000. The number of carbonyl (C=O) groups excluding carboxylic acids is 2. The maximum absolute atomic E-state index is 12.8. The minimum atomic E-state index is -0.533. The molecule has 0 radical (unpaired) electrons. The van der Waals surface area contributed by atoms with Gasteiger partial charge in [0.05, 0.1) is 30.1 Å². The number of para-hydroxylation sites is 2. The maximum Gasteiger partial charge on any atom is 0.293 e. The number of hydrogen-bond donors (Lipinski definition) is 0. The lowest BCUT2D eigenvalue weighted by molar-refractivity contribution is -0.385. The number of nitrogens with zero attached hydrogens (tertiary/aromatic N) is 2. The summed E-state index contributed by atoms with van der Waals surface area (Å²) in [6.45, 7) is 2.06.